The van der Waals surface area contributed by atoms with Crippen LogP contribution in [0, 0.1) is 0 Å². The molecule has 0 aliphatic rings. The summed E-state index contributed by atoms with van der Waals surface area (Å²) in [6.45, 7) is 6.42. The summed E-state index contributed by atoms with van der Waals surface area (Å²) in [5, 5.41) is 4.22. The molecule has 3 rings (SSSR count). The summed E-state index contributed by atoms with van der Waals surface area (Å²) in [7, 11) is 2.11. The molecule has 0 unspecified atom stereocenters. The van der Waals surface area contributed by atoms with Gasteiger partial charge in [-0.1, -0.05) is 34.8 Å². The predicted molar refractivity (Wildman–Crippen MR) is 131 cm³/mol. The van der Waals surface area contributed by atoms with Crippen LogP contribution in [0.3, 0.4) is 0 Å². The van der Waals surface area contributed by atoms with Crippen LogP contribution in [0.25, 0.3) is 5.69 Å². The fraction of sp³-hybridized carbons (Fsp3) is 0.320. The molecule has 0 N–H and O–H groups in total. The summed E-state index contributed by atoms with van der Waals surface area (Å²) in [6.07, 6.45) is 9.43. The van der Waals surface area contributed by atoms with Gasteiger partial charge in [-0.05, 0) is 62.8 Å². The van der Waals surface area contributed by atoms with E-state index >= 15 is 0 Å². The van der Waals surface area contributed by atoms with Crippen molar-refractivity contribution in [3.8, 4) is 11.4 Å². The molecule has 0 fully saturated rings. The monoisotopic (exact) mass is 496 g/mol. The number of nitrogens with zero attached hydrogens (tertiary/aromatic N) is 4. The van der Waals surface area contributed by atoms with Gasteiger partial charge in [-0.3, -0.25) is 4.79 Å². The second kappa shape index (κ2) is 12.3. The van der Waals surface area contributed by atoms with Crippen LogP contribution in [0.2, 0.25) is 0 Å². The summed E-state index contributed by atoms with van der Waals surface area (Å²) >= 11 is 3.41. The van der Waals surface area contributed by atoms with Crippen LogP contribution in [0.5, 0.6) is 5.75 Å². The summed E-state index contributed by atoms with van der Waals surface area (Å²) in [6, 6.07) is 12.8. The van der Waals surface area contributed by atoms with E-state index in [1.165, 1.54) is 19.2 Å². The van der Waals surface area contributed by atoms with Crippen molar-refractivity contribution in [1.82, 2.24) is 19.7 Å². The molecule has 0 amide bonds. The minimum atomic E-state index is -0.0732. The minimum absolute atomic E-state index is 0.0732. The minimum Gasteiger partial charge on any atom is -0.494 e. The molecule has 6 nitrogen and oxygen atoms in total. The molecule has 2 aromatic carbocycles. The van der Waals surface area contributed by atoms with Crippen LogP contribution in [-0.2, 0) is 0 Å². The van der Waals surface area contributed by atoms with Crippen LogP contribution in [0.1, 0.15) is 41.6 Å². The highest BCUT2D eigenvalue weighted by atomic mass is 79.9. The number of benzene rings is 2. The number of rotatable bonds is 13. The number of aromatic nitrogens is 3. The number of hydrogen-bond acceptors (Lipinski definition) is 5. The molecule has 0 atom stereocenters. The van der Waals surface area contributed by atoms with Crippen LogP contribution >= 0.6 is 15.9 Å². The Hall–Kier alpha value is -2.77. The van der Waals surface area contributed by atoms with E-state index in [0.717, 1.165) is 30.4 Å². The molecule has 0 aliphatic heterocycles. The molecule has 0 aliphatic carbocycles. The molecule has 0 saturated heterocycles. The Bertz CT molecular complexity index is 1000. The van der Waals surface area contributed by atoms with Crippen LogP contribution in [0.4, 0.5) is 0 Å². The van der Waals surface area contributed by atoms with E-state index in [9.17, 15) is 4.79 Å². The zero-order valence-corrected chi connectivity index (χ0v) is 20.0. The SMILES string of the molecule is C=CCN(C)CCCCCCOc1ccc(C(=O)c2ccc(Br)cc2)c(-n2cncn2)c1. The van der Waals surface area contributed by atoms with E-state index in [2.05, 4.69) is 44.5 Å². The summed E-state index contributed by atoms with van der Waals surface area (Å²) < 4.78 is 8.49. The van der Waals surface area contributed by atoms with Gasteiger partial charge in [0.05, 0.1) is 12.3 Å². The molecule has 168 valence electrons. The number of carbonyl (C=O) groups is 1. The van der Waals surface area contributed by atoms with Gasteiger partial charge >= 0.3 is 0 Å². The third-order valence-electron chi connectivity index (χ3n) is 5.13. The van der Waals surface area contributed by atoms with Crippen LogP contribution < -0.4 is 4.74 Å². The van der Waals surface area contributed by atoms with Crippen molar-refractivity contribution in [1.29, 1.82) is 0 Å². The molecule has 1 heterocycles. The maximum Gasteiger partial charge on any atom is 0.195 e. The van der Waals surface area contributed by atoms with Crippen molar-refractivity contribution >= 4 is 21.7 Å². The first-order valence-electron chi connectivity index (χ1n) is 10.8. The van der Waals surface area contributed by atoms with Crippen molar-refractivity contribution in [2.24, 2.45) is 0 Å². The van der Waals surface area contributed by atoms with Gasteiger partial charge in [-0.25, -0.2) is 9.67 Å². The maximum absolute atomic E-state index is 13.1. The fourth-order valence-corrected chi connectivity index (χ4v) is 3.68. The van der Waals surface area contributed by atoms with E-state index in [-0.39, 0.29) is 5.78 Å². The van der Waals surface area contributed by atoms with E-state index in [1.54, 1.807) is 29.2 Å². The Balaban J connectivity index is 1.60. The number of ether oxygens (including phenoxy) is 1. The van der Waals surface area contributed by atoms with Gasteiger partial charge in [0.15, 0.2) is 5.78 Å². The average molecular weight is 497 g/mol. The largest absolute Gasteiger partial charge is 0.494 e. The van der Waals surface area contributed by atoms with Crippen LogP contribution in [-0.4, -0.2) is 52.2 Å². The zero-order valence-electron chi connectivity index (χ0n) is 18.4. The second-order valence-corrected chi connectivity index (χ2v) is 8.58. The van der Waals surface area contributed by atoms with Gasteiger partial charge in [0.2, 0.25) is 0 Å². The Kier molecular flexibility index (Phi) is 9.19. The molecule has 1 aromatic heterocycles. The number of carbonyl (C=O) groups excluding carboxylic acids is 1. The van der Waals surface area contributed by atoms with Gasteiger partial charge in [-0.2, -0.15) is 5.10 Å². The molecule has 0 bridgehead atoms. The number of halogens is 1. The average Bonchev–Trinajstić information content (AvgIpc) is 3.33. The standard InChI is InChI=1S/C25H29BrN4O2/c1-3-14-29(2)15-6-4-5-7-16-32-22-12-13-23(24(17-22)30-19-27-18-28-30)25(31)20-8-10-21(26)11-9-20/h3,8-13,17-19H,1,4-7,14-16H2,2H3. The van der Waals surface area contributed by atoms with Gasteiger partial charge in [-0.15, -0.1) is 6.58 Å². The van der Waals surface area contributed by atoms with Crippen LogP contribution in [0.15, 0.2) is 72.2 Å². The van der Waals surface area contributed by atoms with Crippen molar-refractivity contribution in [3.63, 3.8) is 0 Å². The lowest BCUT2D eigenvalue weighted by Gasteiger charge is -2.14. The highest BCUT2D eigenvalue weighted by molar-refractivity contribution is 9.10. The number of likely N-dealkylation sites (N-methyl/N-ethyl adjacent to an activating group) is 1. The second-order valence-electron chi connectivity index (χ2n) is 7.67. The Morgan fingerprint density at radius 3 is 2.66 bits per heavy atom. The lowest BCUT2D eigenvalue weighted by Crippen LogP contribution is -2.19. The normalized spacial score (nSPS) is 11.0. The maximum atomic E-state index is 13.1. The molecular weight excluding hydrogens is 468 g/mol. The Labute approximate surface area is 198 Å². The third-order valence-corrected chi connectivity index (χ3v) is 5.66. The highest BCUT2D eigenvalue weighted by Crippen LogP contribution is 2.24. The predicted octanol–water partition coefficient (Wildman–Crippen LogP) is 5.32. The van der Waals surface area contributed by atoms with Gasteiger partial charge < -0.3 is 9.64 Å². The molecule has 7 heteroatoms. The first kappa shape index (κ1) is 23.9. The Morgan fingerprint density at radius 1 is 1.16 bits per heavy atom. The molecule has 32 heavy (non-hydrogen) atoms. The van der Waals surface area contributed by atoms with Crippen molar-refractivity contribution in [3.05, 3.63) is 83.4 Å². The van der Waals surface area contributed by atoms with Crippen molar-refractivity contribution in [2.45, 2.75) is 25.7 Å². The number of ketones is 1. The number of hydrogen-bond donors (Lipinski definition) is 0. The Morgan fingerprint density at radius 2 is 1.94 bits per heavy atom. The fourth-order valence-electron chi connectivity index (χ4n) is 3.41. The van der Waals surface area contributed by atoms with Gasteiger partial charge in [0, 0.05) is 28.2 Å². The summed E-state index contributed by atoms with van der Waals surface area (Å²) in [4.78, 5) is 19.4. The van der Waals surface area contributed by atoms with E-state index < -0.39 is 0 Å². The molecular formula is C25H29BrN4O2. The summed E-state index contributed by atoms with van der Waals surface area (Å²) in [5.41, 5.74) is 1.81. The topological polar surface area (TPSA) is 60.2 Å². The lowest BCUT2D eigenvalue weighted by atomic mass is 10.0. The smallest absolute Gasteiger partial charge is 0.195 e. The first-order valence-corrected chi connectivity index (χ1v) is 11.6. The van der Waals surface area contributed by atoms with E-state index in [0.29, 0.717) is 29.2 Å². The van der Waals surface area contributed by atoms with Gasteiger partial charge in [0.25, 0.3) is 0 Å². The zero-order chi connectivity index (χ0) is 22.8. The summed E-state index contributed by atoms with van der Waals surface area (Å²) in [5.74, 6) is 0.643. The molecule has 0 saturated carbocycles. The third kappa shape index (κ3) is 6.87. The van der Waals surface area contributed by atoms with Crippen molar-refractivity contribution in [2.75, 3.05) is 26.7 Å². The lowest BCUT2D eigenvalue weighted by molar-refractivity contribution is 0.103. The van der Waals surface area contributed by atoms with Gasteiger partial charge in [0.1, 0.15) is 18.4 Å². The first-order chi connectivity index (χ1) is 15.6. The molecule has 0 radical (unpaired) electrons. The quantitative estimate of drug-likeness (QED) is 0.182. The molecule has 0 spiro atoms. The van der Waals surface area contributed by atoms with E-state index in [4.69, 9.17) is 4.74 Å². The molecule has 3 aromatic rings. The highest BCUT2D eigenvalue weighted by Gasteiger charge is 2.16. The van der Waals surface area contributed by atoms with Crippen molar-refractivity contribution < 1.29 is 9.53 Å². The van der Waals surface area contributed by atoms with E-state index in [1.807, 2.05) is 30.3 Å². The number of unbranched alkanes of at least 4 members (excludes halogenated alkanes) is 3.